The van der Waals surface area contributed by atoms with Crippen molar-refractivity contribution in [2.45, 2.75) is 33.3 Å². The van der Waals surface area contributed by atoms with Crippen LogP contribution >= 0.6 is 11.6 Å². The summed E-state index contributed by atoms with van der Waals surface area (Å²) in [6, 6.07) is 5.57. The highest BCUT2D eigenvalue weighted by atomic mass is 35.5. The van der Waals surface area contributed by atoms with Crippen LogP contribution in [0.3, 0.4) is 0 Å². The molecule has 5 rings (SSSR count). The van der Waals surface area contributed by atoms with Gasteiger partial charge in [-0.2, -0.15) is 10.1 Å². The van der Waals surface area contributed by atoms with E-state index in [1.165, 1.54) is 0 Å². The van der Waals surface area contributed by atoms with Crippen molar-refractivity contribution in [3.8, 4) is 11.1 Å². The predicted octanol–water partition coefficient (Wildman–Crippen LogP) is 5.30. The van der Waals surface area contributed by atoms with Crippen molar-refractivity contribution in [2.24, 2.45) is 0 Å². The second-order valence-electron chi connectivity index (χ2n) is 11.6. The largest absolute Gasteiger partial charge is 0.444 e. The summed E-state index contributed by atoms with van der Waals surface area (Å²) in [4.78, 5) is 27.8. The van der Waals surface area contributed by atoms with Gasteiger partial charge in [-0.1, -0.05) is 17.7 Å². The minimum Gasteiger partial charge on any atom is -0.444 e. The zero-order valence-electron chi connectivity index (χ0n) is 24.3. The quantitative estimate of drug-likeness (QED) is 0.316. The number of aromatic nitrogens is 4. The number of benzene rings is 2. The number of nitrogens with zero attached hydrogens (tertiary/aromatic N) is 6. The van der Waals surface area contributed by atoms with Gasteiger partial charge in [0.25, 0.3) is 0 Å². The van der Waals surface area contributed by atoms with Crippen LogP contribution in [0.4, 0.5) is 21.0 Å². The Bertz CT molecular complexity index is 1590. The first kappa shape index (κ1) is 28.8. The highest BCUT2D eigenvalue weighted by Gasteiger charge is 2.29. The van der Waals surface area contributed by atoms with E-state index >= 15 is 4.39 Å². The highest BCUT2D eigenvalue weighted by molar-refractivity contribution is 6.35. The van der Waals surface area contributed by atoms with Gasteiger partial charge >= 0.3 is 6.09 Å². The molecule has 10 nitrogen and oxygen atoms in total. The number of carbonyl (C=O) groups excluding carboxylic acids is 1. The van der Waals surface area contributed by atoms with Crippen LogP contribution in [0.25, 0.3) is 32.9 Å². The Morgan fingerprint density at radius 1 is 1.15 bits per heavy atom. The minimum atomic E-state index is -0.574. The molecule has 1 fully saturated rings. The van der Waals surface area contributed by atoms with E-state index in [0.717, 1.165) is 23.0 Å². The van der Waals surface area contributed by atoms with E-state index < -0.39 is 11.4 Å². The Labute approximate surface area is 243 Å². The second-order valence-corrected chi connectivity index (χ2v) is 12.0. The molecule has 1 aliphatic heterocycles. The molecule has 3 heterocycles. The number of anilines is 2. The van der Waals surface area contributed by atoms with Crippen LogP contribution in [0.5, 0.6) is 0 Å². The zero-order valence-corrected chi connectivity index (χ0v) is 25.1. The van der Waals surface area contributed by atoms with Crippen LogP contribution in [-0.4, -0.2) is 95.0 Å². The number of nitrogens with one attached hydrogen (secondary N) is 2. The third-order valence-electron chi connectivity index (χ3n) is 7.02. The monoisotopic (exact) mass is 582 g/mol. The smallest absolute Gasteiger partial charge is 0.410 e. The summed E-state index contributed by atoms with van der Waals surface area (Å²) in [5.41, 5.74) is 2.22. The number of likely N-dealkylation sites (N-methyl/N-ethyl adjacent to an activating group) is 1. The molecule has 2 aromatic heterocycles. The standard InChI is InChI=1S/C29H36ClFN8O2/c1-17-7-8-21-19(16-33-36-21)22(17)23-20(30)15-18-25(24(23)31)34-27(32-9-10-37(5)6)35-26(18)38-11-13-39(14-12-38)28(40)41-29(2,3)4/h7-8,15-16H,9-14H2,1-6H3,(H,33,36)(H,32,34,35). The molecule has 12 heteroatoms. The van der Waals surface area contributed by atoms with E-state index in [4.69, 9.17) is 21.3 Å². The number of halogens is 2. The Morgan fingerprint density at radius 3 is 2.56 bits per heavy atom. The number of piperazine rings is 1. The molecule has 1 saturated heterocycles. The lowest BCUT2D eigenvalue weighted by Gasteiger charge is -2.36. The lowest BCUT2D eigenvalue weighted by Crippen LogP contribution is -2.50. The first-order valence-electron chi connectivity index (χ1n) is 13.7. The zero-order chi connectivity index (χ0) is 29.5. The van der Waals surface area contributed by atoms with Crippen LogP contribution in [0, 0.1) is 12.7 Å². The molecule has 1 amide bonds. The van der Waals surface area contributed by atoms with Crippen molar-refractivity contribution >= 4 is 51.3 Å². The van der Waals surface area contributed by atoms with E-state index in [0.29, 0.717) is 55.4 Å². The molecule has 2 aromatic carbocycles. The summed E-state index contributed by atoms with van der Waals surface area (Å²) in [6.45, 7) is 10.7. The number of aromatic amines is 1. The average molecular weight is 583 g/mol. The first-order valence-corrected chi connectivity index (χ1v) is 14.0. The number of H-pyrrole nitrogens is 1. The van der Waals surface area contributed by atoms with Gasteiger partial charge < -0.3 is 24.8 Å². The SMILES string of the molecule is Cc1ccc2[nH]ncc2c1-c1c(Cl)cc2c(N3CCN(C(=O)OC(C)(C)C)CC3)nc(NCCN(C)C)nc2c1F. The summed E-state index contributed by atoms with van der Waals surface area (Å²) < 4.78 is 22.2. The molecule has 0 radical (unpaired) electrons. The van der Waals surface area contributed by atoms with E-state index in [1.807, 2.05) is 63.7 Å². The normalized spacial score (nSPS) is 14.4. The molecule has 0 saturated carbocycles. The molecule has 0 atom stereocenters. The molecule has 0 spiro atoms. The molecule has 41 heavy (non-hydrogen) atoms. The fourth-order valence-corrected chi connectivity index (χ4v) is 5.29. The number of hydrogen-bond acceptors (Lipinski definition) is 8. The van der Waals surface area contributed by atoms with Gasteiger partial charge in [-0.25, -0.2) is 14.2 Å². The van der Waals surface area contributed by atoms with Crippen LogP contribution in [-0.2, 0) is 4.74 Å². The van der Waals surface area contributed by atoms with E-state index in [-0.39, 0.29) is 22.2 Å². The van der Waals surface area contributed by atoms with Gasteiger partial charge in [0.15, 0.2) is 5.82 Å². The molecule has 0 unspecified atom stereocenters. The van der Waals surface area contributed by atoms with Gasteiger partial charge in [-0.05, 0) is 59.5 Å². The third kappa shape index (κ3) is 6.01. The van der Waals surface area contributed by atoms with Crippen molar-refractivity contribution in [3.05, 3.63) is 40.8 Å². The Morgan fingerprint density at radius 2 is 1.88 bits per heavy atom. The fourth-order valence-electron chi connectivity index (χ4n) is 5.01. The van der Waals surface area contributed by atoms with Crippen molar-refractivity contribution < 1.29 is 13.9 Å². The molecule has 0 bridgehead atoms. The number of carbonyl (C=O) groups is 1. The number of ether oxygens (including phenoxy) is 1. The van der Waals surface area contributed by atoms with Gasteiger partial charge in [0.05, 0.1) is 16.7 Å². The molecule has 2 N–H and O–H groups in total. The summed E-state index contributed by atoms with van der Waals surface area (Å²) in [5, 5.41) is 11.9. The maximum atomic E-state index is 16.6. The van der Waals surface area contributed by atoms with Crippen molar-refractivity contribution in [3.63, 3.8) is 0 Å². The fraction of sp³-hybridized carbons (Fsp3) is 0.448. The molecule has 1 aliphatic rings. The third-order valence-corrected chi connectivity index (χ3v) is 7.32. The Balaban J connectivity index is 1.57. The first-order chi connectivity index (χ1) is 19.4. The van der Waals surface area contributed by atoms with Gasteiger partial charge in [0.2, 0.25) is 5.95 Å². The van der Waals surface area contributed by atoms with Crippen LogP contribution in [0.15, 0.2) is 24.4 Å². The summed E-state index contributed by atoms with van der Waals surface area (Å²) >= 11 is 6.84. The predicted molar refractivity (Wildman–Crippen MR) is 161 cm³/mol. The van der Waals surface area contributed by atoms with Crippen molar-refractivity contribution in [2.75, 3.05) is 63.6 Å². The average Bonchev–Trinajstić information content (AvgIpc) is 3.38. The highest BCUT2D eigenvalue weighted by Crippen LogP contribution is 2.42. The van der Waals surface area contributed by atoms with Gasteiger partial charge in [0, 0.05) is 61.2 Å². The van der Waals surface area contributed by atoms with E-state index in [1.54, 1.807) is 17.2 Å². The second kappa shape index (κ2) is 11.3. The molecular formula is C29H36ClFN8O2. The summed E-state index contributed by atoms with van der Waals surface area (Å²) in [6.07, 6.45) is 1.33. The van der Waals surface area contributed by atoms with Gasteiger partial charge in [-0.3, -0.25) is 5.10 Å². The van der Waals surface area contributed by atoms with Crippen molar-refractivity contribution in [1.29, 1.82) is 0 Å². The maximum absolute atomic E-state index is 16.6. The molecule has 4 aromatic rings. The topological polar surface area (TPSA) is 103 Å². The molecule has 0 aliphatic carbocycles. The number of aryl methyl sites for hydroxylation is 1. The number of rotatable bonds is 6. The van der Waals surface area contributed by atoms with E-state index in [9.17, 15) is 4.79 Å². The maximum Gasteiger partial charge on any atom is 0.410 e. The van der Waals surface area contributed by atoms with Gasteiger partial charge in [0.1, 0.15) is 16.9 Å². The summed E-state index contributed by atoms with van der Waals surface area (Å²) in [7, 11) is 3.95. The molecular weight excluding hydrogens is 547 g/mol. The van der Waals surface area contributed by atoms with E-state index in [2.05, 4.69) is 20.5 Å². The summed E-state index contributed by atoms with van der Waals surface area (Å²) in [5.74, 6) is 0.377. The number of fused-ring (bicyclic) bond motifs is 2. The van der Waals surface area contributed by atoms with Crippen LogP contribution < -0.4 is 10.2 Å². The number of hydrogen-bond donors (Lipinski definition) is 2. The lowest BCUT2D eigenvalue weighted by molar-refractivity contribution is 0.0240. The Kier molecular flexibility index (Phi) is 7.93. The number of amides is 1. The molecule has 218 valence electrons. The Hall–Kier alpha value is -3.70. The van der Waals surface area contributed by atoms with Crippen LogP contribution in [0.2, 0.25) is 5.02 Å². The van der Waals surface area contributed by atoms with Crippen LogP contribution in [0.1, 0.15) is 26.3 Å². The van der Waals surface area contributed by atoms with Gasteiger partial charge in [-0.15, -0.1) is 0 Å². The minimum absolute atomic E-state index is 0.177. The van der Waals surface area contributed by atoms with Crippen molar-refractivity contribution in [1.82, 2.24) is 30.0 Å². The lowest BCUT2D eigenvalue weighted by atomic mass is 9.95.